The normalized spacial score (nSPS) is 12.3. The Bertz CT molecular complexity index is 549. The first-order valence-corrected chi connectivity index (χ1v) is 7.93. The molecule has 0 amide bonds. The Balaban J connectivity index is 3.12. The average molecular weight is 353 g/mol. The molecule has 7 heteroatoms. The van der Waals surface area contributed by atoms with Gasteiger partial charge in [0.25, 0.3) is 5.24 Å². The van der Waals surface area contributed by atoms with Crippen molar-refractivity contribution in [3.8, 4) is 0 Å². The Morgan fingerprint density at radius 2 is 2.00 bits per heavy atom. The molecule has 1 rings (SSSR count). The molecule has 1 atom stereocenters. The van der Waals surface area contributed by atoms with Gasteiger partial charge in [-0.15, -0.1) is 11.8 Å². The van der Waals surface area contributed by atoms with E-state index in [4.69, 9.17) is 27.9 Å². The number of hydrogen-bond acceptors (Lipinski definition) is 4. The quantitative estimate of drug-likeness (QED) is 0.428. The Kier molecular flexibility index (Phi) is 6.97. The number of esters is 1. The summed E-state index contributed by atoms with van der Waals surface area (Å²) in [5, 5.41) is -1.30. The molecule has 0 aliphatic carbocycles. The molecule has 0 aliphatic rings. The zero-order valence-corrected chi connectivity index (χ0v) is 14.1. The van der Waals surface area contributed by atoms with Crippen molar-refractivity contribution in [2.75, 3.05) is 6.61 Å². The first kappa shape index (κ1) is 18.3. The highest BCUT2D eigenvalue weighted by molar-refractivity contribution is 8.00. The fraction of sp³-hybridized carbons (Fsp3) is 0.429. The highest BCUT2D eigenvalue weighted by atomic mass is 35.5. The van der Waals surface area contributed by atoms with Crippen LogP contribution in [0.1, 0.15) is 31.1 Å². The van der Waals surface area contributed by atoms with Crippen LogP contribution in [0.5, 0.6) is 0 Å². The maximum absolute atomic E-state index is 13.6. The lowest BCUT2D eigenvalue weighted by Gasteiger charge is -2.19. The van der Waals surface area contributed by atoms with Crippen LogP contribution < -0.4 is 0 Å². The van der Waals surface area contributed by atoms with Gasteiger partial charge in [-0.05, 0) is 36.6 Å². The molecule has 0 spiro atoms. The molecular weight excluding hydrogens is 338 g/mol. The number of carbonyl (C=O) groups is 2. The number of halogens is 3. The summed E-state index contributed by atoms with van der Waals surface area (Å²) in [4.78, 5) is 23.5. The van der Waals surface area contributed by atoms with E-state index in [1.54, 1.807) is 6.92 Å². The van der Waals surface area contributed by atoms with Gasteiger partial charge in [0.15, 0.2) is 0 Å². The summed E-state index contributed by atoms with van der Waals surface area (Å²) in [5.74, 6) is -1.19. The van der Waals surface area contributed by atoms with E-state index >= 15 is 0 Å². The van der Waals surface area contributed by atoms with Crippen molar-refractivity contribution in [1.29, 1.82) is 0 Å². The van der Waals surface area contributed by atoms with Crippen LogP contribution in [0.3, 0.4) is 0 Å². The summed E-state index contributed by atoms with van der Waals surface area (Å²) in [7, 11) is 0. The van der Waals surface area contributed by atoms with Crippen LogP contribution in [-0.2, 0) is 9.53 Å². The molecule has 1 aromatic carbocycles. The van der Waals surface area contributed by atoms with Gasteiger partial charge in [0.2, 0.25) is 0 Å². The molecule has 0 N–H and O–H groups in total. The van der Waals surface area contributed by atoms with E-state index in [2.05, 4.69) is 0 Å². The van der Waals surface area contributed by atoms with Crippen LogP contribution in [0, 0.1) is 11.7 Å². The van der Waals surface area contributed by atoms with Crippen molar-refractivity contribution in [3.63, 3.8) is 0 Å². The van der Waals surface area contributed by atoms with Crippen molar-refractivity contribution in [2.24, 2.45) is 5.92 Å². The SMILES string of the molecule is CCOC(=O)C(Sc1cc(C(=O)Cl)c(F)cc1Cl)C(C)C. The zero-order chi connectivity index (χ0) is 16.2. The van der Waals surface area contributed by atoms with Gasteiger partial charge >= 0.3 is 5.97 Å². The minimum Gasteiger partial charge on any atom is -0.465 e. The van der Waals surface area contributed by atoms with E-state index in [1.165, 1.54) is 6.07 Å². The second-order valence-corrected chi connectivity index (χ2v) is 6.50. The Morgan fingerprint density at radius 1 is 1.38 bits per heavy atom. The van der Waals surface area contributed by atoms with Crippen LogP contribution in [0.2, 0.25) is 5.02 Å². The zero-order valence-electron chi connectivity index (χ0n) is 11.8. The first-order valence-electron chi connectivity index (χ1n) is 6.30. The molecule has 0 bridgehead atoms. The third kappa shape index (κ3) is 4.87. The van der Waals surface area contributed by atoms with Gasteiger partial charge in [-0.1, -0.05) is 25.4 Å². The average Bonchev–Trinajstić information content (AvgIpc) is 2.36. The van der Waals surface area contributed by atoms with Crippen molar-refractivity contribution < 1.29 is 18.7 Å². The summed E-state index contributed by atoms with van der Waals surface area (Å²) in [6.07, 6.45) is 0. The fourth-order valence-corrected chi connectivity index (χ4v) is 3.08. The van der Waals surface area contributed by atoms with Gasteiger partial charge < -0.3 is 4.74 Å². The highest BCUT2D eigenvalue weighted by Crippen LogP contribution is 2.36. The largest absolute Gasteiger partial charge is 0.465 e. The molecule has 1 aromatic rings. The topological polar surface area (TPSA) is 43.4 Å². The van der Waals surface area contributed by atoms with Crippen LogP contribution >= 0.6 is 35.0 Å². The van der Waals surface area contributed by atoms with E-state index in [0.29, 0.717) is 4.90 Å². The van der Waals surface area contributed by atoms with E-state index in [-0.39, 0.29) is 29.1 Å². The third-order valence-electron chi connectivity index (χ3n) is 2.61. The van der Waals surface area contributed by atoms with E-state index in [0.717, 1.165) is 17.8 Å². The van der Waals surface area contributed by atoms with Crippen molar-refractivity contribution >= 4 is 46.2 Å². The minimum absolute atomic E-state index is 0.0228. The highest BCUT2D eigenvalue weighted by Gasteiger charge is 2.26. The van der Waals surface area contributed by atoms with Gasteiger partial charge in [-0.2, -0.15) is 0 Å². The van der Waals surface area contributed by atoms with E-state index in [9.17, 15) is 14.0 Å². The molecule has 0 aromatic heterocycles. The monoisotopic (exact) mass is 352 g/mol. The Labute approximate surface area is 137 Å². The molecule has 3 nitrogen and oxygen atoms in total. The predicted octanol–water partition coefficient (Wildman–Crippen LogP) is 4.54. The summed E-state index contributed by atoms with van der Waals surface area (Å²) in [6, 6.07) is 2.27. The molecular formula is C14H15Cl2FO3S. The van der Waals surface area contributed by atoms with Crippen molar-refractivity contribution in [1.82, 2.24) is 0 Å². The van der Waals surface area contributed by atoms with Crippen molar-refractivity contribution in [2.45, 2.75) is 30.9 Å². The lowest BCUT2D eigenvalue weighted by Crippen LogP contribution is -2.25. The number of ether oxygens (including phenoxy) is 1. The third-order valence-corrected chi connectivity index (χ3v) is 4.82. The first-order chi connectivity index (χ1) is 9.77. The Morgan fingerprint density at radius 3 is 2.48 bits per heavy atom. The number of benzene rings is 1. The summed E-state index contributed by atoms with van der Waals surface area (Å²) in [5.41, 5.74) is -0.269. The molecule has 0 heterocycles. The van der Waals surface area contributed by atoms with Gasteiger partial charge in [0.1, 0.15) is 11.1 Å². The van der Waals surface area contributed by atoms with E-state index in [1.807, 2.05) is 13.8 Å². The van der Waals surface area contributed by atoms with Crippen molar-refractivity contribution in [3.05, 3.63) is 28.5 Å². The predicted molar refractivity (Wildman–Crippen MR) is 82.7 cm³/mol. The number of carbonyl (C=O) groups excluding carboxylic acids is 2. The standard InChI is InChI=1S/C14H15Cl2FO3S/c1-4-20-14(19)12(7(2)3)21-11-5-8(13(16)18)10(17)6-9(11)15/h5-7,12H,4H2,1-3H3. The van der Waals surface area contributed by atoms with Gasteiger partial charge in [0.05, 0.1) is 17.2 Å². The van der Waals surface area contributed by atoms with Crippen LogP contribution in [0.25, 0.3) is 0 Å². The number of thioether (sulfide) groups is 1. The summed E-state index contributed by atoms with van der Waals surface area (Å²) < 4.78 is 18.6. The van der Waals surface area contributed by atoms with Crippen LogP contribution in [0.4, 0.5) is 4.39 Å². The smallest absolute Gasteiger partial charge is 0.319 e. The molecule has 0 radical (unpaired) electrons. The minimum atomic E-state index is -0.914. The maximum atomic E-state index is 13.6. The lowest BCUT2D eigenvalue weighted by atomic mass is 10.1. The molecule has 1 unspecified atom stereocenters. The number of rotatable bonds is 6. The summed E-state index contributed by atoms with van der Waals surface area (Å²) >= 11 is 12.4. The van der Waals surface area contributed by atoms with Gasteiger partial charge in [-0.25, -0.2) is 4.39 Å². The molecule has 0 saturated carbocycles. The Hall–Kier alpha value is -0.780. The maximum Gasteiger partial charge on any atom is 0.319 e. The second kappa shape index (κ2) is 8.01. The van der Waals surface area contributed by atoms with Gasteiger partial charge in [-0.3, -0.25) is 9.59 Å². The second-order valence-electron chi connectivity index (χ2n) is 4.57. The molecule has 0 saturated heterocycles. The number of hydrogen-bond donors (Lipinski definition) is 0. The van der Waals surface area contributed by atoms with Crippen LogP contribution in [-0.4, -0.2) is 23.1 Å². The molecule has 0 fully saturated rings. The molecule has 0 aliphatic heterocycles. The fourth-order valence-electron chi connectivity index (χ4n) is 1.59. The molecule has 21 heavy (non-hydrogen) atoms. The lowest BCUT2D eigenvalue weighted by molar-refractivity contribution is -0.143. The van der Waals surface area contributed by atoms with E-state index < -0.39 is 16.3 Å². The van der Waals surface area contributed by atoms with Crippen LogP contribution in [0.15, 0.2) is 17.0 Å². The molecule has 116 valence electrons. The van der Waals surface area contributed by atoms with Gasteiger partial charge in [0, 0.05) is 4.90 Å². The summed E-state index contributed by atoms with van der Waals surface area (Å²) in [6.45, 7) is 5.71.